The summed E-state index contributed by atoms with van der Waals surface area (Å²) in [4.78, 5) is 25.5. The fraction of sp³-hybridized carbons (Fsp3) is 0.750. The number of rotatable bonds is 5. The highest BCUT2D eigenvalue weighted by Crippen LogP contribution is 2.44. The van der Waals surface area contributed by atoms with E-state index in [1.54, 1.807) is 0 Å². The van der Waals surface area contributed by atoms with Crippen molar-refractivity contribution in [3.63, 3.8) is 0 Å². The number of hydrogen-bond donors (Lipinski definition) is 3. The van der Waals surface area contributed by atoms with Crippen molar-refractivity contribution in [3.05, 3.63) is 33.1 Å². The lowest BCUT2D eigenvalue weighted by Crippen LogP contribution is -2.54. The van der Waals surface area contributed by atoms with Crippen molar-refractivity contribution in [3.8, 4) is 0 Å². The summed E-state index contributed by atoms with van der Waals surface area (Å²) in [6.07, 6.45) is 0.338. The molecule has 142 valence electrons. The highest BCUT2D eigenvalue weighted by Gasteiger charge is 2.53. The molecule has 25 heavy (non-hydrogen) atoms. The number of ether oxygens (including phenoxy) is 1. The number of nitrogens with one attached hydrogen (secondary N) is 1. The van der Waals surface area contributed by atoms with E-state index in [1.807, 2.05) is 0 Å². The van der Waals surface area contributed by atoms with Gasteiger partial charge in [-0.25, -0.2) is 4.79 Å². The Hall–Kier alpha value is -1.26. The summed E-state index contributed by atoms with van der Waals surface area (Å²) in [5.41, 5.74) is -2.39. The Labute approximate surface area is 147 Å². The highest BCUT2D eigenvalue weighted by atomic mass is 28.4. The van der Waals surface area contributed by atoms with Gasteiger partial charge in [-0.3, -0.25) is 14.3 Å². The molecule has 1 saturated heterocycles. The van der Waals surface area contributed by atoms with Crippen molar-refractivity contribution in [2.75, 3.05) is 13.2 Å². The van der Waals surface area contributed by atoms with Gasteiger partial charge in [0.1, 0.15) is 11.8 Å². The van der Waals surface area contributed by atoms with Gasteiger partial charge >= 0.3 is 5.69 Å². The van der Waals surface area contributed by atoms with Crippen LogP contribution in [0.4, 0.5) is 0 Å². The summed E-state index contributed by atoms with van der Waals surface area (Å²) in [6, 6.07) is 1.23. The lowest BCUT2D eigenvalue weighted by molar-refractivity contribution is -0.147. The van der Waals surface area contributed by atoms with Gasteiger partial charge in [-0.15, -0.1) is 0 Å². The average Bonchev–Trinajstić information content (AvgIpc) is 2.84. The molecule has 1 unspecified atom stereocenters. The van der Waals surface area contributed by atoms with Gasteiger partial charge in [0, 0.05) is 18.7 Å². The molecule has 8 nitrogen and oxygen atoms in total. The maximum absolute atomic E-state index is 12.0. The minimum absolute atomic E-state index is 0.0590. The molecule has 0 spiro atoms. The summed E-state index contributed by atoms with van der Waals surface area (Å²) in [7, 11) is -2.19. The van der Waals surface area contributed by atoms with Gasteiger partial charge in [0.2, 0.25) is 0 Å². The maximum Gasteiger partial charge on any atom is 0.330 e. The number of H-pyrrole nitrogens is 1. The maximum atomic E-state index is 12.0. The third-order valence-electron chi connectivity index (χ3n) is 5.31. The Morgan fingerprint density at radius 3 is 2.44 bits per heavy atom. The van der Waals surface area contributed by atoms with Gasteiger partial charge in [-0.05, 0) is 18.1 Å². The molecule has 2 heterocycles. The van der Waals surface area contributed by atoms with Crippen LogP contribution in [-0.2, 0) is 9.16 Å². The zero-order valence-electron chi connectivity index (χ0n) is 15.4. The molecule has 3 N–H and O–H groups in total. The molecule has 1 aromatic heterocycles. The first kappa shape index (κ1) is 20.1. The van der Waals surface area contributed by atoms with Crippen LogP contribution in [0.1, 0.15) is 33.4 Å². The second-order valence-corrected chi connectivity index (χ2v) is 12.8. The van der Waals surface area contributed by atoms with E-state index in [1.165, 1.54) is 16.8 Å². The van der Waals surface area contributed by atoms with Crippen LogP contribution in [0, 0.1) is 0 Å². The first-order valence-corrected chi connectivity index (χ1v) is 11.3. The van der Waals surface area contributed by atoms with Gasteiger partial charge in [0.05, 0.1) is 19.3 Å². The Kier molecular flexibility index (Phi) is 5.46. The molecule has 0 aromatic carbocycles. The molecular formula is C16H28N2O6Si. The molecule has 1 aliphatic rings. The summed E-state index contributed by atoms with van der Waals surface area (Å²) in [5.74, 6) is 0. The molecule has 0 saturated carbocycles. The van der Waals surface area contributed by atoms with Gasteiger partial charge in [0.15, 0.2) is 8.32 Å². The normalized spacial score (nSPS) is 23.8. The Bertz CT molecular complexity index is 716. The van der Waals surface area contributed by atoms with E-state index in [9.17, 15) is 19.8 Å². The summed E-state index contributed by atoms with van der Waals surface area (Å²) < 4.78 is 13.5. The monoisotopic (exact) mass is 372 g/mol. The molecular weight excluding hydrogens is 344 g/mol. The average molecular weight is 372 g/mol. The smallest absolute Gasteiger partial charge is 0.330 e. The first-order valence-electron chi connectivity index (χ1n) is 8.34. The molecule has 0 amide bonds. The quantitative estimate of drug-likeness (QED) is 0.651. The molecule has 0 aliphatic carbocycles. The minimum Gasteiger partial charge on any atom is -0.411 e. The van der Waals surface area contributed by atoms with Crippen LogP contribution in [0.3, 0.4) is 0 Å². The Morgan fingerprint density at radius 2 is 1.96 bits per heavy atom. The first-order chi connectivity index (χ1) is 11.5. The number of nitrogens with zero attached hydrogens (tertiary/aromatic N) is 1. The van der Waals surface area contributed by atoms with E-state index in [-0.39, 0.29) is 5.04 Å². The molecule has 2 rings (SSSR count). The van der Waals surface area contributed by atoms with Crippen LogP contribution in [0.2, 0.25) is 18.1 Å². The van der Waals surface area contributed by atoms with Crippen LogP contribution in [0.5, 0.6) is 0 Å². The number of hydrogen-bond acceptors (Lipinski definition) is 6. The zero-order chi connectivity index (χ0) is 19.0. The van der Waals surface area contributed by atoms with Gasteiger partial charge in [0.25, 0.3) is 5.56 Å². The second kappa shape index (κ2) is 6.80. The standard InChI is InChI=1S/C16H28N2O6Si/c1-15(2,3)25(4,5)24-11-8-13(23-16(11,9-19)10-20)18-7-6-12(21)17-14(18)22/h6-7,11,13,19-20H,8-10H2,1-5H3,(H,17,21,22)/t11?,13-/m0/s1. The van der Waals surface area contributed by atoms with E-state index in [4.69, 9.17) is 9.16 Å². The van der Waals surface area contributed by atoms with E-state index in [0.29, 0.717) is 6.42 Å². The van der Waals surface area contributed by atoms with E-state index >= 15 is 0 Å². The van der Waals surface area contributed by atoms with Crippen molar-refractivity contribution in [1.82, 2.24) is 9.55 Å². The van der Waals surface area contributed by atoms with Crippen LogP contribution in [-0.4, -0.2) is 53.0 Å². The molecule has 0 bridgehead atoms. The molecule has 1 aromatic rings. The third kappa shape index (κ3) is 3.80. The lowest BCUT2D eigenvalue weighted by atomic mass is 9.99. The summed E-state index contributed by atoms with van der Waals surface area (Å²) >= 11 is 0. The van der Waals surface area contributed by atoms with Crippen molar-refractivity contribution >= 4 is 8.32 Å². The Balaban J connectivity index is 2.36. The highest BCUT2D eigenvalue weighted by molar-refractivity contribution is 6.74. The predicted molar refractivity (Wildman–Crippen MR) is 95.0 cm³/mol. The van der Waals surface area contributed by atoms with Crippen LogP contribution in [0.15, 0.2) is 21.9 Å². The number of aromatic amines is 1. The third-order valence-corrected chi connectivity index (χ3v) is 9.80. The van der Waals surface area contributed by atoms with Crippen molar-refractivity contribution in [2.24, 2.45) is 0 Å². The van der Waals surface area contributed by atoms with E-state index in [2.05, 4.69) is 38.8 Å². The van der Waals surface area contributed by atoms with Gasteiger partial charge < -0.3 is 19.4 Å². The number of aromatic nitrogens is 2. The second-order valence-electron chi connectivity index (χ2n) is 8.07. The van der Waals surface area contributed by atoms with E-state index < -0.39 is 50.7 Å². The largest absolute Gasteiger partial charge is 0.411 e. The lowest BCUT2D eigenvalue weighted by Gasteiger charge is -2.42. The topological polar surface area (TPSA) is 114 Å². The summed E-state index contributed by atoms with van der Waals surface area (Å²) in [6.45, 7) is 9.57. The molecule has 1 aliphatic heterocycles. The fourth-order valence-corrected chi connectivity index (χ4v) is 4.01. The minimum atomic E-state index is -2.19. The Morgan fingerprint density at radius 1 is 1.36 bits per heavy atom. The van der Waals surface area contributed by atoms with Crippen molar-refractivity contribution < 1.29 is 19.4 Å². The number of aliphatic hydroxyl groups excluding tert-OH is 2. The van der Waals surface area contributed by atoms with Crippen molar-refractivity contribution in [1.29, 1.82) is 0 Å². The van der Waals surface area contributed by atoms with E-state index in [0.717, 1.165) is 0 Å². The molecule has 2 atom stereocenters. The van der Waals surface area contributed by atoms with Gasteiger partial charge in [-0.1, -0.05) is 20.8 Å². The van der Waals surface area contributed by atoms with Gasteiger partial charge in [-0.2, -0.15) is 0 Å². The molecule has 1 fully saturated rings. The fourth-order valence-electron chi connectivity index (χ4n) is 2.63. The zero-order valence-corrected chi connectivity index (χ0v) is 16.4. The van der Waals surface area contributed by atoms with Crippen LogP contribution < -0.4 is 11.2 Å². The number of aliphatic hydroxyl groups is 2. The van der Waals surface area contributed by atoms with Crippen LogP contribution in [0.25, 0.3) is 0 Å². The van der Waals surface area contributed by atoms with Crippen molar-refractivity contribution in [2.45, 2.75) is 63.3 Å². The molecule has 9 heteroatoms. The van der Waals surface area contributed by atoms with Crippen LogP contribution >= 0.6 is 0 Å². The molecule has 0 radical (unpaired) electrons. The summed E-state index contributed by atoms with van der Waals surface area (Å²) in [5, 5.41) is 19.7. The SMILES string of the molecule is CC(C)(C)[Si](C)(C)OC1C[C@@H](n2ccc(=O)[nH]c2=O)OC1(CO)CO. The predicted octanol–water partition coefficient (Wildman–Crippen LogP) is 0.569.